The molecule has 1 amide bonds. The highest BCUT2D eigenvalue weighted by molar-refractivity contribution is 5.75. The fourth-order valence-corrected chi connectivity index (χ4v) is 0.751. The van der Waals surface area contributed by atoms with E-state index in [9.17, 15) is 4.79 Å². The monoisotopic (exact) mass is 145 g/mol. The van der Waals surface area contributed by atoms with E-state index in [-0.39, 0.29) is 12.3 Å². The molecule has 0 heterocycles. The van der Waals surface area contributed by atoms with Crippen molar-refractivity contribution in [2.24, 2.45) is 0 Å². The largest absolute Gasteiger partial charge is 0.393 e. The van der Waals surface area contributed by atoms with E-state index in [0.717, 1.165) is 6.42 Å². The van der Waals surface area contributed by atoms with Gasteiger partial charge < -0.3 is 10.4 Å². The Morgan fingerprint density at radius 2 is 2.30 bits per heavy atom. The Balaban J connectivity index is 3.37. The Kier molecular flexibility index (Phi) is 4.94. The molecule has 0 spiro atoms. The Morgan fingerprint density at radius 3 is 2.70 bits per heavy atom. The first-order valence-corrected chi connectivity index (χ1v) is 3.59. The van der Waals surface area contributed by atoms with Crippen LogP contribution in [-0.4, -0.2) is 24.2 Å². The SMILES string of the molecule is CCC[C@@H](O)CC(=O)NC. The van der Waals surface area contributed by atoms with Gasteiger partial charge in [0.15, 0.2) is 0 Å². The van der Waals surface area contributed by atoms with Crippen molar-refractivity contribution in [3.8, 4) is 0 Å². The second-order valence-corrected chi connectivity index (χ2v) is 2.32. The van der Waals surface area contributed by atoms with Gasteiger partial charge in [-0.1, -0.05) is 13.3 Å². The molecule has 0 unspecified atom stereocenters. The summed E-state index contributed by atoms with van der Waals surface area (Å²) >= 11 is 0. The summed E-state index contributed by atoms with van der Waals surface area (Å²) in [6.45, 7) is 1.98. The zero-order chi connectivity index (χ0) is 7.98. The molecule has 0 rings (SSSR count). The molecular weight excluding hydrogens is 130 g/mol. The molecule has 0 radical (unpaired) electrons. The average molecular weight is 145 g/mol. The summed E-state index contributed by atoms with van der Waals surface area (Å²) in [5.41, 5.74) is 0. The van der Waals surface area contributed by atoms with Crippen LogP contribution in [0.4, 0.5) is 0 Å². The standard InChI is InChI=1S/C7H15NO2/c1-3-4-6(9)5-7(10)8-2/h6,9H,3-5H2,1-2H3,(H,8,10)/t6-/m1/s1. The molecule has 0 aliphatic heterocycles. The zero-order valence-electron chi connectivity index (χ0n) is 6.55. The van der Waals surface area contributed by atoms with E-state index >= 15 is 0 Å². The molecule has 0 saturated heterocycles. The van der Waals surface area contributed by atoms with Crippen LogP contribution in [0.3, 0.4) is 0 Å². The lowest BCUT2D eigenvalue weighted by Crippen LogP contribution is -2.23. The zero-order valence-corrected chi connectivity index (χ0v) is 6.55. The first-order valence-electron chi connectivity index (χ1n) is 3.59. The van der Waals surface area contributed by atoms with E-state index in [1.165, 1.54) is 0 Å². The molecule has 0 bridgehead atoms. The second kappa shape index (κ2) is 5.23. The summed E-state index contributed by atoms with van der Waals surface area (Å²) in [4.78, 5) is 10.6. The van der Waals surface area contributed by atoms with E-state index in [4.69, 9.17) is 5.11 Å². The predicted octanol–water partition coefficient (Wildman–Crippen LogP) is 0.283. The predicted molar refractivity (Wildman–Crippen MR) is 39.6 cm³/mol. The van der Waals surface area contributed by atoms with Crippen LogP contribution in [0, 0.1) is 0 Å². The number of aliphatic hydroxyl groups excluding tert-OH is 1. The topological polar surface area (TPSA) is 49.3 Å². The molecule has 1 atom stereocenters. The van der Waals surface area contributed by atoms with E-state index in [0.29, 0.717) is 6.42 Å². The average Bonchev–Trinajstić information content (AvgIpc) is 1.88. The van der Waals surface area contributed by atoms with Gasteiger partial charge in [-0.25, -0.2) is 0 Å². The number of aliphatic hydroxyl groups is 1. The second-order valence-electron chi connectivity index (χ2n) is 2.32. The Morgan fingerprint density at radius 1 is 1.70 bits per heavy atom. The minimum Gasteiger partial charge on any atom is -0.393 e. The Hall–Kier alpha value is -0.570. The molecule has 10 heavy (non-hydrogen) atoms. The van der Waals surface area contributed by atoms with Gasteiger partial charge in [0.1, 0.15) is 0 Å². The van der Waals surface area contributed by atoms with Crippen LogP contribution in [0.15, 0.2) is 0 Å². The molecule has 0 aromatic carbocycles. The lowest BCUT2D eigenvalue weighted by atomic mass is 10.1. The highest BCUT2D eigenvalue weighted by Gasteiger charge is 2.06. The van der Waals surface area contributed by atoms with Crippen molar-refractivity contribution < 1.29 is 9.90 Å². The van der Waals surface area contributed by atoms with Crippen LogP contribution >= 0.6 is 0 Å². The normalized spacial score (nSPS) is 12.7. The molecule has 0 aromatic heterocycles. The van der Waals surface area contributed by atoms with Crippen LogP contribution in [-0.2, 0) is 4.79 Å². The molecule has 0 aliphatic carbocycles. The molecule has 0 aliphatic rings. The first kappa shape index (κ1) is 9.43. The van der Waals surface area contributed by atoms with E-state index in [1.54, 1.807) is 7.05 Å². The molecule has 3 nitrogen and oxygen atoms in total. The third-order valence-electron chi connectivity index (χ3n) is 1.32. The number of nitrogens with one attached hydrogen (secondary N) is 1. The summed E-state index contributed by atoms with van der Waals surface area (Å²) < 4.78 is 0. The van der Waals surface area contributed by atoms with Crippen LogP contribution in [0.1, 0.15) is 26.2 Å². The Bertz CT molecular complexity index is 104. The van der Waals surface area contributed by atoms with Crippen molar-refractivity contribution in [2.75, 3.05) is 7.05 Å². The van der Waals surface area contributed by atoms with Gasteiger partial charge in [0.25, 0.3) is 0 Å². The van der Waals surface area contributed by atoms with Gasteiger partial charge in [0, 0.05) is 7.05 Å². The fourth-order valence-electron chi connectivity index (χ4n) is 0.751. The lowest BCUT2D eigenvalue weighted by molar-refractivity contribution is -0.122. The number of carbonyl (C=O) groups is 1. The number of hydrogen-bond donors (Lipinski definition) is 2. The summed E-state index contributed by atoms with van der Waals surface area (Å²) in [7, 11) is 1.57. The third-order valence-corrected chi connectivity index (χ3v) is 1.32. The lowest BCUT2D eigenvalue weighted by Gasteiger charge is -2.06. The quantitative estimate of drug-likeness (QED) is 0.597. The van der Waals surface area contributed by atoms with Crippen LogP contribution in [0.5, 0.6) is 0 Å². The maximum absolute atomic E-state index is 10.6. The molecular formula is C7H15NO2. The van der Waals surface area contributed by atoms with Crippen LogP contribution in [0.2, 0.25) is 0 Å². The van der Waals surface area contributed by atoms with E-state index in [2.05, 4.69) is 5.32 Å². The number of hydrogen-bond acceptors (Lipinski definition) is 2. The van der Waals surface area contributed by atoms with Gasteiger partial charge in [-0.3, -0.25) is 4.79 Å². The van der Waals surface area contributed by atoms with Crippen LogP contribution in [0.25, 0.3) is 0 Å². The summed E-state index contributed by atoms with van der Waals surface area (Å²) in [6.07, 6.45) is 1.38. The van der Waals surface area contributed by atoms with Crippen molar-refractivity contribution in [3.63, 3.8) is 0 Å². The van der Waals surface area contributed by atoms with Crippen molar-refractivity contribution >= 4 is 5.91 Å². The summed E-state index contributed by atoms with van der Waals surface area (Å²) in [6, 6.07) is 0. The van der Waals surface area contributed by atoms with Crippen molar-refractivity contribution in [3.05, 3.63) is 0 Å². The molecule has 3 heteroatoms. The highest BCUT2D eigenvalue weighted by atomic mass is 16.3. The van der Waals surface area contributed by atoms with Gasteiger partial charge in [-0.15, -0.1) is 0 Å². The maximum Gasteiger partial charge on any atom is 0.222 e. The number of amides is 1. The van der Waals surface area contributed by atoms with Gasteiger partial charge in [0.05, 0.1) is 12.5 Å². The minimum atomic E-state index is -0.468. The molecule has 60 valence electrons. The smallest absolute Gasteiger partial charge is 0.222 e. The molecule has 2 N–H and O–H groups in total. The number of rotatable bonds is 4. The number of carbonyl (C=O) groups excluding carboxylic acids is 1. The van der Waals surface area contributed by atoms with E-state index in [1.807, 2.05) is 6.92 Å². The minimum absolute atomic E-state index is 0.0963. The van der Waals surface area contributed by atoms with Crippen molar-refractivity contribution in [2.45, 2.75) is 32.3 Å². The summed E-state index contributed by atoms with van der Waals surface area (Å²) in [5, 5.41) is 11.5. The van der Waals surface area contributed by atoms with Gasteiger partial charge in [-0.05, 0) is 6.42 Å². The highest BCUT2D eigenvalue weighted by Crippen LogP contribution is 1.99. The molecule has 0 aromatic rings. The fraction of sp³-hybridized carbons (Fsp3) is 0.857. The van der Waals surface area contributed by atoms with Gasteiger partial charge >= 0.3 is 0 Å². The van der Waals surface area contributed by atoms with Gasteiger partial charge in [-0.2, -0.15) is 0 Å². The van der Waals surface area contributed by atoms with Gasteiger partial charge in [0.2, 0.25) is 5.91 Å². The molecule has 0 saturated carbocycles. The van der Waals surface area contributed by atoms with E-state index < -0.39 is 6.10 Å². The van der Waals surface area contributed by atoms with Crippen LogP contribution < -0.4 is 5.32 Å². The Labute approximate surface area is 61.4 Å². The first-order chi connectivity index (χ1) is 4.70. The summed E-state index contributed by atoms with van der Waals surface area (Å²) in [5.74, 6) is -0.0963. The van der Waals surface area contributed by atoms with Crippen molar-refractivity contribution in [1.29, 1.82) is 0 Å². The van der Waals surface area contributed by atoms with Crippen molar-refractivity contribution in [1.82, 2.24) is 5.32 Å². The maximum atomic E-state index is 10.6. The molecule has 0 fully saturated rings. The third kappa shape index (κ3) is 4.32.